The zero-order valence-corrected chi connectivity index (χ0v) is 22.6. The first kappa shape index (κ1) is 25.6. The van der Waals surface area contributed by atoms with Crippen molar-refractivity contribution in [2.75, 3.05) is 36.8 Å². The Morgan fingerprint density at radius 2 is 1.57 bits per heavy atom. The summed E-state index contributed by atoms with van der Waals surface area (Å²) >= 11 is 14.2. The molecule has 37 heavy (non-hydrogen) atoms. The minimum atomic E-state index is 0.202. The first-order chi connectivity index (χ1) is 18.1. The minimum absolute atomic E-state index is 0.202. The van der Waals surface area contributed by atoms with E-state index in [9.17, 15) is 4.79 Å². The van der Waals surface area contributed by atoms with E-state index in [-0.39, 0.29) is 5.91 Å². The molecule has 1 fully saturated rings. The van der Waals surface area contributed by atoms with Gasteiger partial charge in [0.1, 0.15) is 0 Å². The Labute approximate surface area is 231 Å². The van der Waals surface area contributed by atoms with Crippen LogP contribution in [0.25, 0.3) is 17.1 Å². The minimum Gasteiger partial charge on any atom is -0.368 e. The molecule has 190 valence electrons. The summed E-state index contributed by atoms with van der Waals surface area (Å²) in [6, 6.07) is 25.5. The summed E-state index contributed by atoms with van der Waals surface area (Å²) in [4.78, 5) is 17.1. The number of hydrogen-bond donors (Lipinski definition) is 0. The number of anilines is 1. The molecule has 5 rings (SSSR count). The third-order valence-electron chi connectivity index (χ3n) is 6.33. The maximum Gasteiger partial charge on any atom is 0.222 e. The molecular formula is C28H27Cl2N5OS. The largest absolute Gasteiger partial charge is 0.368 e. The Morgan fingerprint density at radius 1 is 0.838 bits per heavy atom. The van der Waals surface area contributed by atoms with Gasteiger partial charge in [-0.05, 0) is 48.9 Å². The first-order valence-corrected chi connectivity index (χ1v) is 14.0. The zero-order chi connectivity index (χ0) is 25.6. The molecule has 0 bridgehead atoms. The standard InChI is InChI=1S/C28H27Cl2N5OS/c29-21-8-6-11-23(20-21)33-15-17-34(18-16-33)26(36)14-7-19-37-28-32-31-27(24-12-4-5-13-25(24)30)35(28)22-9-2-1-3-10-22/h1-6,8-13,20H,7,14-19H2. The average molecular weight is 553 g/mol. The van der Waals surface area contributed by atoms with Crippen LogP contribution in [0.15, 0.2) is 84.0 Å². The lowest BCUT2D eigenvalue weighted by Crippen LogP contribution is -2.48. The number of thioether (sulfide) groups is 1. The van der Waals surface area contributed by atoms with Gasteiger partial charge in [-0.2, -0.15) is 0 Å². The maximum atomic E-state index is 12.9. The lowest BCUT2D eigenvalue weighted by atomic mass is 10.2. The number of carbonyl (C=O) groups is 1. The van der Waals surface area contributed by atoms with Crippen LogP contribution in [0.3, 0.4) is 0 Å². The van der Waals surface area contributed by atoms with E-state index in [1.807, 2.05) is 82.3 Å². The van der Waals surface area contributed by atoms with Crippen LogP contribution in [-0.2, 0) is 4.79 Å². The van der Waals surface area contributed by atoms with Crippen LogP contribution in [0.4, 0.5) is 5.69 Å². The van der Waals surface area contributed by atoms with Crippen LogP contribution < -0.4 is 4.90 Å². The van der Waals surface area contributed by atoms with E-state index in [4.69, 9.17) is 23.2 Å². The second-order valence-electron chi connectivity index (χ2n) is 8.76. The van der Waals surface area contributed by atoms with E-state index >= 15 is 0 Å². The van der Waals surface area contributed by atoms with Gasteiger partial charge < -0.3 is 9.80 Å². The van der Waals surface area contributed by atoms with Gasteiger partial charge >= 0.3 is 0 Å². The summed E-state index contributed by atoms with van der Waals surface area (Å²) < 4.78 is 2.03. The van der Waals surface area contributed by atoms with Crippen molar-refractivity contribution in [3.63, 3.8) is 0 Å². The van der Waals surface area contributed by atoms with E-state index in [1.165, 1.54) is 0 Å². The van der Waals surface area contributed by atoms with Gasteiger partial charge in [0.2, 0.25) is 5.91 Å². The fourth-order valence-electron chi connectivity index (χ4n) is 4.42. The van der Waals surface area contributed by atoms with Crippen molar-refractivity contribution in [3.8, 4) is 17.1 Å². The number of carbonyl (C=O) groups excluding carboxylic acids is 1. The van der Waals surface area contributed by atoms with Crippen molar-refractivity contribution >= 4 is 46.6 Å². The van der Waals surface area contributed by atoms with Crippen LogP contribution in [0.5, 0.6) is 0 Å². The number of amides is 1. The molecule has 6 nitrogen and oxygen atoms in total. The highest BCUT2D eigenvalue weighted by molar-refractivity contribution is 7.99. The first-order valence-electron chi connectivity index (χ1n) is 12.3. The van der Waals surface area contributed by atoms with Gasteiger partial charge in [-0.1, -0.05) is 71.4 Å². The molecular weight excluding hydrogens is 525 g/mol. The van der Waals surface area contributed by atoms with E-state index < -0.39 is 0 Å². The molecule has 9 heteroatoms. The van der Waals surface area contributed by atoms with Gasteiger partial charge in [-0.15, -0.1) is 10.2 Å². The van der Waals surface area contributed by atoms with Gasteiger partial charge in [-0.25, -0.2) is 0 Å². The van der Waals surface area contributed by atoms with Gasteiger partial charge in [-0.3, -0.25) is 9.36 Å². The summed E-state index contributed by atoms with van der Waals surface area (Å²) in [6.07, 6.45) is 1.28. The van der Waals surface area contributed by atoms with Crippen LogP contribution >= 0.6 is 35.0 Å². The summed E-state index contributed by atoms with van der Waals surface area (Å²) in [6.45, 7) is 3.07. The van der Waals surface area contributed by atoms with Crippen molar-refractivity contribution in [3.05, 3.63) is 88.9 Å². The van der Waals surface area contributed by atoms with Crippen molar-refractivity contribution in [1.29, 1.82) is 0 Å². The number of para-hydroxylation sites is 1. The molecule has 1 aliphatic rings. The van der Waals surface area contributed by atoms with E-state index in [1.54, 1.807) is 11.8 Å². The molecule has 0 N–H and O–H groups in total. The molecule has 0 unspecified atom stereocenters. The Hall–Kier alpha value is -3.00. The molecule has 0 atom stereocenters. The normalized spacial score (nSPS) is 13.7. The molecule has 4 aromatic rings. The van der Waals surface area contributed by atoms with Crippen molar-refractivity contribution < 1.29 is 4.79 Å². The Kier molecular flexibility index (Phi) is 8.34. The van der Waals surface area contributed by atoms with Crippen molar-refractivity contribution in [2.24, 2.45) is 0 Å². The van der Waals surface area contributed by atoms with Gasteiger partial charge in [0.15, 0.2) is 11.0 Å². The third-order valence-corrected chi connectivity index (χ3v) is 7.91. The highest BCUT2D eigenvalue weighted by Gasteiger charge is 2.22. The summed E-state index contributed by atoms with van der Waals surface area (Å²) in [7, 11) is 0. The Balaban J connectivity index is 1.18. The molecule has 1 aliphatic heterocycles. The van der Waals surface area contributed by atoms with E-state index in [2.05, 4.69) is 21.2 Å². The highest BCUT2D eigenvalue weighted by atomic mass is 35.5. The van der Waals surface area contributed by atoms with Gasteiger partial charge in [0.05, 0.1) is 5.02 Å². The van der Waals surface area contributed by atoms with Crippen molar-refractivity contribution in [1.82, 2.24) is 19.7 Å². The van der Waals surface area contributed by atoms with Crippen molar-refractivity contribution in [2.45, 2.75) is 18.0 Å². The van der Waals surface area contributed by atoms with Crippen LogP contribution in [0, 0.1) is 0 Å². The summed E-state index contributed by atoms with van der Waals surface area (Å²) in [5.74, 6) is 1.67. The number of hydrogen-bond acceptors (Lipinski definition) is 5. The highest BCUT2D eigenvalue weighted by Crippen LogP contribution is 2.32. The van der Waals surface area contributed by atoms with Gasteiger partial charge in [0.25, 0.3) is 0 Å². The molecule has 0 spiro atoms. The summed E-state index contributed by atoms with van der Waals surface area (Å²) in [5.41, 5.74) is 2.91. The second-order valence-corrected chi connectivity index (χ2v) is 10.7. The predicted octanol–water partition coefficient (Wildman–Crippen LogP) is 6.46. The van der Waals surface area contributed by atoms with E-state index in [0.717, 1.165) is 65.5 Å². The lowest BCUT2D eigenvalue weighted by molar-refractivity contribution is -0.131. The topological polar surface area (TPSA) is 54.3 Å². The third kappa shape index (κ3) is 6.12. The predicted molar refractivity (Wildman–Crippen MR) is 152 cm³/mol. The Morgan fingerprint density at radius 3 is 2.32 bits per heavy atom. The number of halogens is 2. The van der Waals surface area contributed by atoms with Crippen LogP contribution in [0.1, 0.15) is 12.8 Å². The SMILES string of the molecule is O=C(CCCSc1nnc(-c2ccccc2Cl)n1-c1ccccc1)N1CCN(c2cccc(Cl)c2)CC1. The fraction of sp³-hybridized carbons (Fsp3) is 0.250. The fourth-order valence-corrected chi connectivity index (χ4v) is 5.72. The molecule has 1 saturated heterocycles. The summed E-state index contributed by atoms with van der Waals surface area (Å²) in [5, 5.41) is 11.1. The van der Waals surface area contributed by atoms with Crippen LogP contribution in [0.2, 0.25) is 10.0 Å². The quantitative estimate of drug-likeness (QED) is 0.186. The van der Waals surface area contributed by atoms with E-state index in [0.29, 0.717) is 17.3 Å². The molecule has 0 radical (unpaired) electrons. The average Bonchev–Trinajstić information content (AvgIpc) is 3.35. The molecule has 1 aromatic heterocycles. The van der Waals surface area contributed by atoms with Gasteiger partial charge in [0, 0.05) is 60.3 Å². The number of benzene rings is 3. The molecule has 0 aliphatic carbocycles. The maximum absolute atomic E-state index is 12.9. The Bertz CT molecular complexity index is 1360. The number of nitrogens with zero attached hydrogens (tertiary/aromatic N) is 5. The monoisotopic (exact) mass is 551 g/mol. The van der Waals surface area contributed by atoms with Crippen LogP contribution in [-0.4, -0.2) is 57.5 Å². The molecule has 3 aromatic carbocycles. The molecule has 2 heterocycles. The number of rotatable bonds is 8. The smallest absolute Gasteiger partial charge is 0.222 e. The number of aromatic nitrogens is 3. The lowest BCUT2D eigenvalue weighted by Gasteiger charge is -2.36. The second kappa shape index (κ2) is 12.0. The molecule has 1 amide bonds. The molecule has 0 saturated carbocycles. The number of piperazine rings is 1. The zero-order valence-electron chi connectivity index (χ0n) is 20.3.